The van der Waals surface area contributed by atoms with Crippen LogP contribution in [0.3, 0.4) is 0 Å². The van der Waals surface area contributed by atoms with Crippen molar-refractivity contribution in [3.63, 3.8) is 0 Å². The summed E-state index contributed by atoms with van der Waals surface area (Å²) in [4.78, 5) is 4.00. The van der Waals surface area contributed by atoms with Gasteiger partial charge in [-0.2, -0.15) is 4.99 Å². The Balaban J connectivity index is 1.53. The minimum Gasteiger partial charge on any atom is -0.195 e. The molecule has 2 heteroatoms. The Morgan fingerprint density at radius 1 is 0.621 bits per heavy atom. The van der Waals surface area contributed by atoms with Crippen molar-refractivity contribution in [3.8, 4) is 11.1 Å². The summed E-state index contributed by atoms with van der Waals surface area (Å²) in [5.74, 6) is 0. The lowest BCUT2D eigenvalue weighted by molar-refractivity contribution is 0.667. The lowest BCUT2D eigenvalue weighted by Gasteiger charge is -2.07. The first kappa shape index (κ1) is 21.2. The van der Waals surface area contributed by atoms with Crippen molar-refractivity contribution in [2.75, 3.05) is 0 Å². The average Bonchev–Trinajstić information content (AvgIpc) is 2.77. The molecule has 0 unspecified atom stereocenters. The molecule has 29 heavy (non-hydrogen) atoms. The Kier molecular flexibility index (Phi) is 8.37. The zero-order valence-corrected chi connectivity index (χ0v) is 18.0. The minimum atomic E-state index is 0.861. The zero-order valence-electron chi connectivity index (χ0n) is 17.2. The highest BCUT2D eigenvalue weighted by atomic mass is 32.1. The van der Waals surface area contributed by atoms with Crippen LogP contribution in [0.15, 0.2) is 77.8 Å². The predicted molar refractivity (Wildman–Crippen MR) is 128 cm³/mol. The van der Waals surface area contributed by atoms with Gasteiger partial charge in [-0.25, -0.2) is 0 Å². The minimum absolute atomic E-state index is 0.861. The van der Waals surface area contributed by atoms with Gasteiger partial charge < -0.3 is 0 Å². The molecular formula is C27H29NS. The molecule has 3 rings (SSSR count). The molecule has 0 aromatic heterocycles. The normalized spacial score (nSPS) is 10.5. The second-order valence-electron chi connectivity index (χ2n) is 7.57. The quantitative estimate of drug-likeness (QED) is 0.191. The number of hydrogen-bond acceptors (Lipinski definition) is 2. The third kappa shape index (κ3) is 6.78. The fourth-order valence-corrected chi connectivity index (χ4v) is 3.67. The van der Waals surface area contributed by atoms with Gasteiger partial charge in [-0.05, 0) is 77.9 Å². The first-order chi connectivity index (χ1) is 14.3. The number of benzene rings is 3. The summed E-state index contributed by atoms with van der Waals surface area (Å²) in [5, 5.41) is 2.40. The summed E-state index contributed by atoms with van der Waals surface area (Å²) in [6.07, 6.45) is 8.52. The van der Waals surface area contributed by atoms with Gasteiger partial charge in [0.15, 0.2) is 0 Å². The number of nitrogens with zero attached hydrogens (tertiary/aromatic N) is 1. The molecule has 0 bridgehead atoms. The van der Waals surface area contributed by atoms with Crippen LogP contribution in [0.25, 0.3) is 11.1 Å². The second kappa shape index (κ2) is 11.5. The Hall–Kier alpha value is -2.54. The van der Waals surface area contributed by atoms with E-state index in [-0.39, 0.29) is 0 Å². The van der Waals surface area contributed by atoms with Gasteiger partial charge in [0.25, 0.3) is 0 Å². The molecule has 3 aromatic carbocycles. The number of thiocarbonyl (C=S) groups is 1. The first-order valence-corrected chi connectivity index (χ1v) is 11.0. The summed E-state index contributed by atoms with van der Waals surface area (Å²) >= 11 is 4.64. The molecule has 1 nitrogen and oxygen atoms in total. The number of hydrogen-bond donors (Lipinski definition) is 0. The maximum absolute atomic E-state index is 4.64. The van der Waals surface area contributed by atoms with E-state index in [2.05, 4.69) is 90.0 Å². The zero-order chi connectivity index (χ0) is 20.3. The molecule has 0 atom stereocenters. The molecule has 3 aromatic rings. The van der Waals surface area contributed by atoms with E-state index in [0.29, 0.717) is 0 Å². The van der Waals surface area contributed by atoms with Crippen LogP contribution in [0.5, 0.6) is 0 Å². The summed E-state index contributed by atoms with van der Waals surface area (Å²) in [7, 11) is 0. The number of unbranched alkanes of at least 4 members (excludes halogenated alkanes) is 3. The van der Waals surface area contributed by atoms with Crippen LogP contribution in [0, 0.1) is 0 Å². The monoisotopic (exact) mass is 399 g/mol. The number of aliphatic imine (C=N–C) groups is 1. The fourth-order valence-electron chi connectivity index (χ4n) is 3.56. The van der Waals surface area contributed by atoms with Crippen molar-refractivity contribution in [1.29, 1.82) is 0 Å². The molecule has 148 valence electrons. The van der Waals surface area contributed by atoms with E-state index in [1.54, 1.807) is 0 Å². The Labute approximate surface area is 180 Å². The van der Waals surface area contributed by atoms with Crippen LogP contribution in [0.1, 0.15) is 49.3 Å². The highest BCUT2D eigenvalue weighted by molar-refractivity contribution is 7.78. The van der Waals surface area contributed by atoms with Crippen molar-refractivity contribution in [2.45, 2.75) is 51.9 Å². The van der Waals surface area contributed by atoms with E-state index < -0.39 is 0 Å². The Morgan fingerprint density at radius 3 is 1.59 bits per heavy atom. The Bertz CT molecular complexity index is 918. The summed E-state index contributed by atoms with van der Waals surface area (Å²) in [5.41, 5.74) is 7.57. The van der Waals surface area contributed by atoms with E-state index in [1.807, 2.05) is 12.1 Å². The van der Waals surface area contributed by atoms with Crippen LogP contribution in [0.4, 0.5) is 5.69 Å². The molecule has 0 aliphatic rings. The molecule has 0 saturated heterocycles. The van der Waals surface area contributed by atoms with Crippen molar-refractivity contribution in [2.24, 2.45) is 4.99 Å². The lowest BCUT2D eigenvalue weighted by atomic mass is 9.98. The maximum Gasteiger partial charge on any atom is 0.0739 e. The summed E-state index contributed by atoms with van der Waals surface area (Å²) in [6.45, 7) is 2.26. The van der Waals surface area contributed by atoms with Crippen LogP contribution < -0.4 is 0 Å². The third-order valence-electron chi connectivity index (χ3n) is 5.37. The van der Waals surface area contributed by atoms with Gasteiger partial charge in [0, 0.05) is 0 Å². The SMILES string of the molecule is CCCCCCc1ccc(-c2ccc(CCc3ccc(N=C=S)cc3)cc2)cc1. The largest absolute Gasteiger partial charge is 0.195 e. The highest BCUT2D eigenvalue weighted by Crippen LogP contribution is 2.22. The summed E-state index contributed by atoms with van der Waals surface area (Å²) < 4.78 is 0. The smallest absolute Gasteiger partial charge is 0.0739 e. The van der Waals surface area contributed by atoms with Gasteiger partial charge in [-0.15, -0.1) is 0 Å². The van der Waals surface area contributed by atoms with Gasteiger partial charge in [-0.3, -0.25) is 0 Å². The Morgan fingerprint density at radius 2 is 1.10 bits per heavy atom. The molecule has 0 spiro atoms. The van der Waals surface area contributed by atoms with Crippen molar-refractivity contribution in [3.05, 3.63) is 89.5 Å². The van der Waals surface area contributed by atoms with Gasteiger partial charge in [0.2, 0.25) is 0 Å². The van der Waals surface area contributed by atoms with E-state index in [4.69, 9.17) is 0 Å². The van der Waals surface area contributed by atoms with Crippen LogP contribution in [0.2, 0.25) is 0 Å². The number of isothiocyanates is 1. The van der Waals surface area contributed by atoms with Crippen LogP contribution in [-0.4, -0.2) is 5.16 Å². The summed E-state index contributed by atoms with van der Waals surface area (Å²) in [6, 6.07) is 26.3. The molecule has 0 N–H and O–H groups in total. The van der Waals surface area contributed by atoms with Gasteiger partial charge >= 0.3 is 0 Å². The van der Waals surface area contributed by atoms with Crippen LogP contribution in [-0.2, 0) is 19.3 Å². The van der Waals surface area contributed by atoms with Gasteiger partial charge in [-0.1, -0.05) is 86.8 Å². The van der Waals surface area contributed by atoms with E-state index >= 15 is 0 Å². The fraction of sp³-hybridized carbons (Fsp3) is 0.296. The topological polar surface area (TPSA) is 12.4 Å². The number of rotatable bonds is 10. The van der Waals surface area contributed by atoms with Crippen LogP contribution >= 0.6 is 12.2 Å². The van der Waals surface area contributed by atoms with Gasteiger partial charge in [0.1, 0.15) is 0 Å². The number of aryl methyl sites for hydroxylation is 3. The molecule has 0 aliphatic heterocycles. The molecule has 0 fully saturated rings. The average molecular weight is 400 g/mol. The molecule has 0 aliphatic carbocycles. The van der Waals surface area contributed by atoms with E-state index in [1.165, 1.54) is 59.9 Å². The highest BCUT2D eigenvalue weighted by Gasteiger charge is 2.01. The first-order valence-electron chi connectivity index (χ1n) is 10.6. The van der Waals surface area contributed by atoms with E-state index in [0.717, 1.165) is 18.5 Å². The van der Waals surface area contributed by atoms with Crippen molar-refractivity contribution < 1.29 is 0 Å². The molecular weight excluding hydrogens is 370 g/mol. The maximum atomic E-state index is 4.64. The molecule has 0 heterocycles. The molecule has 0 amide bonds. The molecule has 0 radical (unpaired) electrons. The van der Waals surface area contributed by atoms with Gasteiger partial charge in [0.05, 0.1) is 10.8 Å². The lowest BCUT2D eigenvalue weighted by Crippen LogP contribution is -1.91. The third-order valence-corrected chi connectivity index (χ3v) is 5.46. The van der Waals surface area contributed by atoms with Crippen molar-refractivity contribution >= 4 is 23.1 Å². The predicted octanol–water partition coefficient (Wildman–Crippen LogP) is 8.00. The molecule has 0 saturated carbocycles. The van der Waals surface area contributed by atoms with E-state index in [9.17, 15) is 0 Å². The van der Waals surface area contributed by atoms with Crippen molar-refractivity contribution in [1.82, 2.24) is 0 Å². The second-order valence-corrected chi connectivity index (χ2v) is 7.76. The standard InChI is InChI=1S/C27H29NS/c1-2-3-4-5-6-22-9-15-25(16-10-22)26-17-11-23(12-18-26)7-8-24-13-19-27(20-14-24)28-21-29/h9-20H,2-8H2,1H3.